The number of fused-ring (bicyclic) bond motifs is 1. The topological polar surface area (TPSA) is 61.8 Å². The molecule has 2 N–H and O–H groups in total. The molecule has 1 amide bonds. The van der Waals surface area contributed by atoms with E-state index in [1.165, 1.54) is 0 Å². The summed E-state index contributed by atoms with van der Waals surface area (Å²) in [5.41, 5.74) is 0.374. The minimum absolute atomic E-state index is 0.0420. The Bertz CT molecular complexity index is 995. The maximum absolute atomic E-state index is 14.2. The van der Waals surface area contributed by atoms with Gasteiger partial charge in [-0.2, -0.15) is 0 Å². The maximum Gasteiger partial charge on any atom is 0.224 e. The lowest BCUT2D eigenvalue weighted by atomic mass is 9.92. The van der Waals surface area contributed by atoms with Gasteiger partial charge in [0.05, 0.1) is 21.4 Å². The van der Waals surface area contributed by atoms with Crippen molar-refractivity contribution in [1.29, 1.82) is 0 Å². The first-order chi connectivity index (χ1) is 14.3. The summed E-state index contributed by atoms with van der Waals surface area (Å²) < 4.78 is 33.8. The summed E-state index contributed by atoms with van der Waals surface area (Å²) in [4.78, 5) is 13.3. The third-order valence-corrected chi connectivity index (χ3v) is 6.21. The van der Waals surface area contributed by atoms with Crippen LogP contribution in [0, 0.1) is 11.6 Å². The van der Waals surface area contributed by atoms with Crippen molar-refractivity contribution in [2.45, 2.75) is 31.3 Å². The van der Waals surface area contributed by atoms with Gasteiger partial charge in [-0.05, 0) is 37.5 Å². The third-order valence-electron chi connectivity index (χ3n) is 5.61. The zero-order valence-electron chi connectivity index (χ0n) is 16.0. The summed E-state index contributed by atoms with van der Waals surface area (Å²) in [7, 11) is 0. The van der Waals surface area contributed by atoms with E-state index in [9.17, 15) is 18.7 Å². The number of hydrogen-bond donors (Lipinski definition) is 2. The lowest BCUT2D eigenvalue weighted by molar-refractivity contribution is -0.116. The predicted molar refractivity (Wildman–Crippen MR) is 112 cm³/mol. The Morgan fingerprint density at radius 1 is 1.10 bits per heavy atom. The molecule has 1 saturated heterocycles. The number of carbonyl (C=O) groups excluding carboxylic acids is 1. The molecule has 0 atom stereocenters. The van der Waals surface area contributed by atoms with Gasteiger partial charge in [-0.3, -0.25) is 4.79 Å². The third kappa shape index (κ3) is 4.19. The van der Waals surface area contributed by atoms with Gasteiger partial charge in [0.15, 0.2) is 0 Å². The fourth-order valence-electron chi connectivity index (χ4n) is 3.83. The second-order valence-corrected chi connectivity index (χ2v) is 8.48. The standard InChI is InChI=1S/C21H20Cl2F2N2O3/c22-13-2-3-18(12-1-4-19(28)26-20(12)13)30-11-21(29)5-7-27(8-6-21)17-10-15(24)14(23)9-16(17)25/h2-3,9-10,29H,1,4-8,11H2,(H,26,28). The normalized spacial score (nSPS) is 18.0. The van der Waals surface area contributed by atoms with Crippen molar-refractivity contribution in [2.75, 3.05) is 29.9 Å². The van der Waals surface area contributed by atoms with Crippen molar-refractivity contribution in [3.05, 3.63) is 51.5 Å². The average molecular weight is 457 g/mol. The molecule has 9 heteroatoms. The molecule has 30 heavy (non-hydrogen) atoms. The van der Waals surface area contributed by atoms with Crippen molar-refractivity contribution in [1.82, 2.24) is 0 Å². The van der Waals surface area contributed by atoms with Crippen molar-refractivity contribution in [2.24, 2.45) is 0 Å². The van der Waals surface area contributed by atoms with Crippen LogP contribution < -0.4 is 15.0 Å². The molecule has 5 nitrogen and oxygen atoms in total. The highest BCUT2D eigenvalue weighted by Gasteiger charge is 2.35. The molecular formula is C21H20Cl2F2N2O3. The largest absolute Gasteiger partial charge is 0.490 e. The molecule has 0 aromatic heterocycles. The van der Waals surface area contributed by atoms with Gasteiger partial charge in [-0.1, -0.05) is 23.2 Å². The van der Waals surface area contributed by atoms with Crippen LogP contribution in [0.1, 0.15) is 24.8 Å². The Labute approximate surface area is 182 Å². The highest BCUT2D eigenvalue weighted by Crippen LogP contribution is 2.38. The molecule has 2 aliphatic rings. The number of nitrogens with zero attached hydrogens (tertiary/aromatic N) is 1. The van der Waals surface area contributed by atoms with E-state index in [1.807, 2.05) is 0 Å². The fourth-order valence-corrected chi connectivity index (χ4v) is 4.21. The number of amides is 1. The first-order valence-electron chi connectivity index (χ1n) is 9.62. The number of benzene rings is 2. The van der Waals surface area contributed by atoms with E-state index in [-0.39, 0.29) is 23.2 Å². The number of halogens is 4. The second kappa shape index (κ2) is 8.21. The summed E-state index contributed by atoms with van der Waals surface area (Å²) in [5, 5.41) is 13.9. The van der Waals surface area contributed by atoms with Crippen molar-refractivity contribution in [3.8, 4) is 5.75 Å². The molecule has 4 rings (SSSR count). The highest BCUT2D eigenvalue weighted by atomic mass is 35.5. The fraction of sp³-hybridized carbons (Fsp3) is 0.381. The van der Waals surface area contributed by atoms with E-state index < -0.39 is 17.2 Å². The van der Waals surface area contributed by atoms with E-state index in [2.05, 4.69) is 5.32 Å². The van der Waals surface area contributed by atoms with E-state index in [4.69, 9.17) is 27.9 Å². The average Bonchev–Trinajstić information content (AvgIpc) is 2.71. The van der Waals surface area contributed by atoms with E-state index in [1.54, 1.807) is 17.0 Å². The van der Waals surface area contributed by atoms with Crippen molar-refractivity contribution in [3.63, 3.8) is 0 Å². The van der Waals surface area contributed by atoms with Gasteiger partial charge >= 0.3 is 0 Å². The molecule has 0 aliphatic carbocycles. The van der Waals surface area contributed by atoms with Crippen LogP contribution in [0.3, 0.4) is 0 Å². The summed E-state index contributed by atoms with van der Waals surface area (Å²) in [6.45, 7) is 0.722. The smallest absolute Gasteiger partial charge is 0.224 e. The monoisotopic (exact) mass is 456 g/mol. The Morgan fingerprint density at radius 3 is 2.57 bits per heavy atom. The van der Waals surface area contributed by atoms with Gasteiger partial charge in [-0.25, -0.2) is 8.78 Å². The molecule has 0 bridgehead atoms. The van der Waals surface area contributed by atoms with Gasteiger partial charge in [0.1, 0.15) is 29.6 Å². The Hall–Kier alpha value is -2.09. The summed E-state index contributed by atoms with van der Waals surface area (Å²) in [6.07, 6.45) is 1.49. The number of nitrogens with one attached hydrogen (secondary N) is 1. The lowest BCUT2D eigenvalue weighted by Crippen LogP contribution is -2.48. The van der Waals surface area contributed by atoms with Crippen LogP contribution in [0.4, 0.5) is 20.2 Å². The predicted octanol–water partition coefficient (Wildman–Crippen LogP) is 4.57. The number of ether oxygens (including phenoxy) is 1. The van der Waals surface area contributed by atoms with E-state index in [0.717, 1.165) is 17.7 Å². The highest BCUT2D eigenvalue weighted by molar-refractivity contribution is 6.34. The van der Waals surface area contributed by atoms with Gasteiger partial charge in [0.25, 0.3) is 0 Å². The summed E-state index contributed by atoms with van der Waals surface area (Å²) in [5.74, 6) is -0.816. The zero-order valence-corrected chi connectivity index (χ0v) is 17.5. The first-order valence-corrected chi connectivity index (χ1v) is 10.4. The first kappa shape index (κ1) is 21.2. The summed E-state index contributed by atoms with van der Waals surface area (Å²) in [6, 6.07) is 5.40. The Kier molecular flexibility index (Phi) is 5.79. The number of hydrogen-bond acceptors (Lipinski definition) is 4. The molecule has 0 unspecified atom stereocenters. The van der Waals surface area contributed by atoms with Crippen LogP contribution in [0.5, 0.6) is 5.75 Å². The van der Waals surface area contributed by atoms with Gasteiger partial charge in [-0.15, -0.1) is 0 Å². The number of aliphatic hydroxyl groups is 1. The molecule has 0 radical (unpaired) electrons. The van der Waals surface area contributed by atoms with Crippen LogP contribution in [-0.2, 0) is 11.2 Å². The molecule has 0 spiro atoms. The van der Waals surface area contributed by atoms with Crippen LogP contribution >= 0.6 is 23.2 Å². The van der Waals surface area contributed by atoms with E-state index in [0.29, 0.717) is 55.2 Å². The Morgan fingerprint density at radius 2 is 1.83 bits per heavy atom. The number of rotatable bonds is 4. The SMILES string of the molecule is O=C1CCc2c(OCC3(O)CCN(c4cc(F)c(Cl)cc4F)CC3)ccc(Cl)c2N1. The number of piperidine rings is 1. The molecule has 2 aromatic carbocycles. The lowest BCUT2D eigenvalue weighted by Gasteiger charge is -2.39. The van der Waals surface area contributed by atoms with Gasteiger partial charge in [0, 0.05) is 31.1 Å². The molecule has 2 aliphatic heterocycles. The van der Waals surface area contributed by atoms with Crippen LogP contribution in [-0.4, -0.2) is 36.3 Å². The Balaban J connectivity index is 1.42. The maximum atomic E-state index is 14.2. The second-order valence-electron chi connectivity index (χ2n) is 7.67. The molecular weight excluding hydrogens is 437 g/mol. The van der Waals surface area contributed by atoms with Crippen LogP contribution in [0.15, 0.2) is 24.3 Å². The summed E-state index contributed by atoms with van der Waals surface area (Å²) >= 11 is 11.8. The quantitative estimate of drug-likeness (QED) is 0.661. The molecule has 0 saturated carbocycles. The number of anilines is 2. The van der Waals surface area contributed by atoms with Crippen LogP contribution in [0.2, 0.25) is 10.0 Å². The van der Waals surface area contributed by atoms with Gasteiger partial charge in [0.2, 0.25) is 5.91 Å². The van der Waals surface area contributed by atoms with Crippen LogP contribution in [0.25, 0.3) is 0 Å². The van der Waals surface area contributed by atoms with Crippen molar-refractivity contribution >= 4 is 40.5 Å². The minimum atomic E-state index is -1.11. The minimum Gasteiger partial charge on any atom is -0.490 e. The molecule has 160 valence electrons. The zero-order chi connectivity index (χ0) is 21.5. The molecule has 1 fully saturated rings. The van der Waals surface area contributed by atoms with E-state index >= 15 is 0 Å². The van der Waals surface area contributed by atoms with Crippen molar-refractivity contribution < 1.29 is 23.4 Å². The van der Waals surface area contributed by atoms with Gasteiger partial charge < -0.3 is 20.1 Å². The number of carbonyl (C=O) groups is 1. The molecule has 2 aromatic rings. The molecule has 2 heterocycles.